The molecule has 0 aromatic heterocycles. The maximum atomic E-state index is 6.04. The quantitative estimate of drug-likeness (QED) is 0.821. The molecule has 1 atom stereocenters. The highest BCUT2D eigenvalue weighted by molar-refractivity contribution is 6.31. The number of halogens is 1. The highest BCUT2D eigenvalue weighted by Crippen LogP contribution is 2.35. The third kappa shape index (κ3) is 2.97. The minimum absolute atomic E-state index is 0.301. The van der Waals surface area contributed by atoms with Crippen LogP contribution in [0.25, 0.3) is 0 Å². The molecule has 1 spiro atoms. The van der Waals surface area contributed by atoms with Crippen LogP contribution in [0.2, 0.25) is 5.02 Å². The van der Waals surface area contributed by atoms with Gasteiger partial charge in [0.15, 0.2) is 18.1 Å². The van der Waals surface area contributed by atoms with Gasteiger partial charge in [-0.1, -0.05) is 22.8 Å². The first-order chi connectivity index (χ1) is 12.6. The van der Waals surface area contributed by atoms with Crippen LogP contribution >= 0.6 is 11.6 Å². The molecule has 2 aliphatic heterocycles. The zero-order chi connectivity index (χ0) is 18.1. The van der Waals surface area contributed by atoms with Crippen molar-refractivity contribution in [2.75, 3.05) is 20.8 Å². The number of rotatable bonds is 4. The smallest absolute Gasteiger partial charge is 0.269 e. The van der Waals surface area contributed by atoms with Crippen molar-refractivity contribution >= 4 is 23.2 Å². The number of hydrogen-bond donors (Lipinski definition) is 0. The molecule has 2 aromatic rings. The van der Waals surface area contributed by atoms with Crippen molar-refractivity contribution < 1.29 is 19.0 Å². The van der Waals surface area contributed by atoms with Crippen LogP contribution in [-0.4, -0.2) is 38.2 Å². The van der Waals surface area contributed by atoms with Gasteiger partial charge in [0.1, 0.15) is 0 Å². The molecule has 0 radical (unpaired) electrons. The summed E-state index contributed by atoms with van der Waals surface area (Å²) >= 11 is 6.04. The van der Waals surface area contributed by atoms with Gasteiger partial charge in [-0.2, -0.15) is 4.99 Å². The Morgan fingerprint density at radius 3 is 2.65 bits per heavy atom. The molecule has 0 bridgehead atoms. The molecule has 0 saturated carbocycles. The Morgan fingerprint density at radius 1 is 1.04 bits per heavy atom. The summed E-state index contributed by atoms with van der Waals surface area (Å²) in [5.41, 5.74) is 1.66. The number of ether oxygens (including phenoxy) is 3. The largest absolute Gasteiger partial charge is 0.493 e. The highest BCUT2D eigenvalue weighted by atomic mass is 35.5. The van der Waals surface area contributed by atoms with Gasteiger partial charge in [0.05, 0.1) is 26.4 Å². The van der Waals surface area contributed by atoms with Gasteiger partial charge in [0.25, 0.3) is 5.72 Å². The van der Waals surface area contributed by atoms with Gasteiger partial charge in [-0.15, -0.1) is 0 Å². The predicted octanol–water partition coefficient (Wildman–Crippen LogP) is 3.65. The van der Waals surface area contributed by atoms with Gasteiger partial charge in [-0.25, -0.2) is 0 Å². The number of hydrogen-bond acceptors (Lipinski definition) is 6. The van der Waals surface area contributed by atoms with Crippen molar-refractivity contribution in [3.05, 3.63) is 58.6 Å². The van der Waals surface area contributed by atoms with Crippen LogP contribution in [0.3, 0.4) is 0 Å². The number of benzene rings is 2. The minimum Gasteiger partial charge on any atom is -0.493 e. The van der Waals surface area contributed by atoms with Crippen molar-refractivity contribution in [1.29, 1.82) is 0 Å². The summed E-state index contributed by atoms with van der Waals surface area (Å²) in [6.45, 7) is 0.301. The van der Waals surface area contributed by atoms with Crippen molar-refractivity contribution in [3.8, 4) is 11.5 Å². The van der Waals surface area contributed by atoms with E-state index in [-0.39, 0.29) is 0 Å². The average molecular weight is 373 g/mol. The molecule has 7 heteroatoms. The summed E-state index contributed by atoms with van der Waals surface area (Å²) in [7, 11) is 3.20. The molecule has 0 fully saturated rings. The SMILES string of the molecule is COc1ccc(C2=NOC3(COC(c4cccc(Cl)c4)=N3)C2)cc1OC. The molecule has 0 saturated heterocycles. The Kier molecular flexibility index (Phi) is 4.20. The summed E-state index contributed by atoms with van der Waals surface area (Å²) in [4.78, 5) is 10.3. The van der Waals surface area contributed by atoms with E-state index in [1.807, 2.05) is 36.4 Å². The number of methoxy groups -OCH3 is 2. The first-order valence-electron chi connectivity index (χ1n) is 8.08. The molecule has 6 nitrogen and oxygen atoms in total. The average Bonchev–Trinajstić information content (AvgIpc) is 3.28. The van der Waals surface area contributed by atoms with E-state index in [0.717, 1.165) is 16.8 Å². The van der Waals surface area contributed by atoms with Crippen LogP contribution < -0.4 is 9.47 Å². The summed E-state index contributed by atoms with van der Waals surface area (Å²) in [5.74, 6) is 1.81. The van der Waals surface area contributed by atoms with Crippen LogP contribution in [0.5, 0.6) is 11.5 Å². The van der Waals surface area contributed by atoms with Gasteiger partial charge in [0.2, 0.25) is 5.90 Å². The molecule has 0 aliphatic carbocycles. The van der Waals surface area contributed by atoms with Gasteiger partial charge in [-0.3, -0.25) is 0 Å². The second kappa shape index (κ2) is 6.53. The lowest BCUT2D eigenvalue weighted by Crippen LogP contribution is -2.28. The maximum Gasteiger partial charge on any atom is 0.269 e. The van der Waals surface area contributed by atoms with Crippen molar-refractivity contribution in [1.82, 2.24) is 0 Å². The monoisotopic (exact) mass is 372 g/mol. The molecule has 0 amide bonds. The Bertz CT molecular complexity index is 912. The summed E-state index contributed by atoms with van der Waals surface area (Å²) in [6.07, 6.45) is 0.506. The minimum atomic E-state index is -0.833. The van der Waals surface area contributed by atoms with E-state index < -0.39 is 5.72 Å². The second-order valence-corrected chi connectivity index (χ2v) is 6.47. The molecule has 4 rings (SSSR count). The van der Waals surface area contributed by atoms with Gasteiger partial charge in [-0.05, 0) is 36.4 Å². The van der Waals surface area contributed by atoms with Crippen LogP contribution in [0, 0.1) is 0 Å². The van der Waals surface area contributed by atoms with E-state index in [1.165, 1.54) is 0 Å². The molecule has 2 heterocycles. The Labute approximate surface area is 156 Å². The van der Waals surface area contributed by atoms with Crippen LogP contribution in [0.4, 0.5) is 0 Å². The van der Waals surface area contributed by atoms with Crippen LogP contribution in [0.1, 0.15) is 17.5 Å². The fraction of sp³-hybridized carbons (Fsp3) is 0.263. The standard InChI is InChI=1S/C19H17ClN2O4/c1-23-16-7-6-12(9-17(16)24-2)15-10-19(26-22-15)11-25-18(21-19)13-4-3-5-14(20)8-13/h3-9H,10-11H2,1-2H3. The summed E-state index contributed by atoms with van der Waals surface area (Å²) < 4.78 is 16.4. The fourth-order valence-electron chi connectivity index (χ4n) is 2.97. The van der Waals surface area contributed by atoms with Gasteiger partial charge < -0.3 is 19.0 Å². The third-order valence-corrected chi connectivity index (χ3v) is 4.53. The maximum absolute atomic E-state index is 6.04. The van der Waals surface area contributed by atoms with Crippen LogP contribution in [0.15, 0.2) is 52.6 Å². The molecule has 0 N–H and O–H groups in total. The van der Waals surface area contributed by atoms with Crippen LogP contribution in [-0.2, 0) is 9.57 Å². The first-order valence-corrected chi connectivity index (χ1v) is 8.46. The van der Waals surface area contributed by atoms with E-state index in [2.05, 4.69) is 10.1 Å². The predicted molar refractivity (Wildman–Crippen MR) is 98.5 cm³/mol. The normalized spacial score (nSPS) is 21.0. The number of oxime groups is 1. The fourth-order valence-corrected chi connectivity index (χ4v) is 3.16. The molecule has 26 heavy (non-hydrogen) atoms. The lowest BCUT2D eigenvalue weighted by atomic mass is 10.0. The Hall–Kier alpha value is -2.73. The Balaban J connectivity index is 1.57. The first kappa shape index (κ1) is 16.7. The van der Waals surface area contributed by atoms with Gasteiger partial charge in [0, 0.05) is 16.1 Å². The summed E-state index contributed by atoms with van der Waals surface area (Å²) in [5, 5.41) is 4.85. The van der Waals surface area contributed by atoms with Gasteiger partial charge >= 0.3 is 0 Å². The van der Waals surface area contributed by atoms with Crippen molar-refractivity contribution in [2.45, 2.75) is 12.1 Å². The molecular weight excluding hydrogens is 356 g/mol. The topological polar surface area (TPSA) is 61.6 Å². The highest BCUT2D eigenvalue weighted by Gasteiger charge is 2.45. The van der Waals surface area contributed by atoms with Crippen molar-refractivity contribution in [3.63, 3.8) is 0 Å². The van der Waals surface area contributed by atoms with E-state index in [9.17, 15) is 0 Å². The number of aliphatic imine (C=N–C) groups is 1. The van der Waals surface area contributed by atoms with E-state index in [4.69, 9.17) is 30.6 Å². The summed E-state index contributed by atoms with van der Waals surface area (Å²) in [6, 6.07) is 13.0. The molecular formula is C19H17ClN2O4. The lowest BCUT2D eigenvalue weighted by molar-refractivity contribution is -0.0277. The molecule has 2 aromatic carbocycles. The van der Waals surface area contributed by atoms with E-state index in [1.54, 1.807) is 20.3 Å². The second-order valence-electron chi connectivity index (χ2n) is 6.04. The molecule has 1 unspecified atom stereocenters. The third-order valence-electron chi connectivity index (χ3n) is 4.30. The zero-order valence-electron chi connectivity index (χ0n) is 14.4. The van der Waals surface area contributed by atoms with E-state index >= 15 is 0 Å². The van der Waals surface area contributed by atoms with Crippen molar-refractivity contribution in [2.24, 2.45) is 10.1 Å². The number of nitrogens with zero attached hydrogens (tertiary/aromatic N) is 2. The lowest BCUT2D eigenvalue weighted by Gasteiger charge is -2.14. The zero-order valence-corrected chi connectivity index (χ0v) is 15.1. The molecule has 134 valence electrons. The Morgan fingerprint density at radius 2 is 1.88 bits per heavy atom. The van der Waals surface area contributed by atoms with E-state index in [0.29, 0.717) is 35.4 Å². The molecule has 2 aliphatic rings.